The summed E-state index contributed by atoms with van der Waals surface area (Å²) in [6, 6.07) is 14.7. The summed E-state index contributed by atoms with van der Waals surface area (Å²) < 4.78 is 0. The highest BCUT2D eigenvalue weighted by atomic mass is 16.2. The molecule has 11 N–H and O–H groups in total. The fourth-order valence-corrected chi connectivity index (χ4v) is 14.1. The first-order valence-corrected chi connectivity index (χ1v) is 32.5. The summed E-state index contributed by atoms with van der Waals surface area (Å²) in [4.78, 5) is 171. The monoisotopic (exact) mass is 1260 g/mol. The van der Waals surface area contributed by atoms with E-state index >= 15 is 0 Å². The molecule has 24 nitrogen and oxygen atoms in total. The molecule has 0 spiro atoms. The van der Waals surface area contributed by atoms with Gasteiger partial charge in [0.1, 0.15) is 0 Å². The van der Waals surface area contributed by atoms with E-state index in [9.17, 15) is 57.5 Å². The third-order valence-corrected chi connectivity index (χ3v) is 19.2. The number of benzene rings is 4. The smallest absolute Gasteiger partial charge is 0.251 e. The lowest BCUT2D eigenvalue weighted by Gasteiger charge is -2.33. The molecule has 11 rings (SSSR count). The molecule has 0 aromatic heterocycles. The van der Waals surface area contributed by atoms with Crippen LogP contribution in [0.5, 0.6) is 0 Å². The first kappa shape index (κ1) is 64.1. The van der Waals surface area contributed by atoms with Crippen molar-refractivity contribution < 1.29 is 57.5 Å². The maximum atomic E-state index is 15.0. The van der Waals surface area contributed by atoms with Gasteiger partial charge in [-0.2, -0.15) is 0 Å². The van der Waals surface area contributed by atoms with Crippen LogP contribution in [0.1, 0.15) is 226 Å². The van der Waals surface area contributed by atoms with Crippen molar-refractivity contribution in [3.8, 4) is 0 Å². The van der Waals surface area contributed by atoms with Crippen LogP contribution in [-0.2, 0) is 9.59 Å². The molecule has 0 radical (unpaired) electrons. The molecular formula is C68H80N12O12. The van der Waals surface area contributed by atoms with E-state index in [1.54, 1.807) is 36.4 Å². The zero-order chi connectivity index (χ0) is 64.6. The van der Waals surface area contributed by atoms with Crippen molar-refractivity contribution in [2.75, 3.05) is 20.1 Å². The molecule has 484 valence electrons. The van der Waals surface area contributed by atoms with Gasteiger partial charge >= 0.3 is 0 Å². The number of nitrogens with one attached hydrogen (secondary N) is 11. The molecule has 12 amide bonds. The molecule has 4 aliphatic carbocycles. The first-order chi connectivity index (χ1) is 44.4. The Hall–Kier alpha value is -9.48. The number of fused-ring (bicyclic) bond motifs is 12. The van der Waals surface area contributed by atoms with Gasteiger partial charge in [-0.15, -0.1) is 0 Å². The maximum absolute atomic E-state index is 15.0. The standard InChI is InChI=1S/C68H80N12O12/c1-69-57(81)25-12-26-58(82)80-35-55(78-67(91)45-31-41-29-42(32-45)64(88)75-52-22-7-3-18-48(52)71-60(84)38-14-10-13-37(27-38)59(83)70-47-17-2-6-21-51(47)74-63(41)87)56(36-80)79-68(92)46-33-43-30-44(34-46)66(90)77-54-24-9-5-20-50(54)73-62(86)40-16-11-15-39(28-40)61(85)72-49-19-4-8-23-53(49)76-65(43)89/h10-11,13-16,27-34,47-56H,2-9,12,17-26,35-36H2,1H3,(H,69,81)(H,70,83)(H,71,84)(H,72,85)(H,73,86)(H,74,87)(H,75,88)(H,76,89)(H,77,90)(H,78,91)(H,79,92)/t47-,48-,49-,50-,51-,52-,53-,54-,55+,56?/m1/s1. The molecule has 8 bridgehead atoms. The molecule has 92 heavy (non-hydrogen) atoms. The van der Waals surface area contributed by atoms with Crippen molar-refractivity contribution in [3.05, 3.63) is 141 Å². The highest BCUT2D eigenvalue weighted by Gasteiger charge is 2.40. The average molecular weight is 1260 g/mol. The fraction of sp³-hybridized carbons (Fsp3) is 0.471. The van der Waals surface area contributed by atoms with Gasteiger partial charge in [-0.05, 0) is 131 Å². The Bertz CT molecular complexity index is 3210. The van der Waals surface area contributed by atoms with Crippen molar-refractivity contribution >= 4 is 70.9 Å². The van der Waals surface area contributed by atoms with Crippen molar-refractivity contribution in [1.82, 2.24) is 63.4 Å². The molecule has 24 heteroatoms. The molecular weight excluding hydrogens is 1180 g/mol. The third-order valence-electron chi connectivity index (χ3n) is 19.2. The Morgan fingerprint density at radius 2 is 0.620 bits per heavy atom. The van der Waals surface area contributed by atoms with Crippen LogP contribution in [-0.4, -0.2) is 156 Å². The van der Waals surface area contributed by atoms with Crippen LogP contribution in [0, 0.1) is 0 Å². The minimum atomic E-state index is -1.03. The first-order valence-electron chi connectivity index (χ1n) is 32.5. The normalized spacial score (nSPS) is 26.2. The number of amides is 12. The van der Waals surface area contributed by atoms with Crippen LogP contribution in [0.2, 0.25) is 0 Å². The Labute approximate surface area is 532 Å². The number of carbonyl (C=O) groups is 12. The lowest BCUT2D eigenvalue weighted by Crippen LogP contribution is -2.54. The number of rotatable bonds is 8. The van der Waals surface area contributed by atoms with E-state index in [2.05, 4.69) is 58.5 Å². The number of hydrogen-bond acceptors (Lipinski definition) is 12. The summed E-state index contributed by atoms with van der Waals surface area (Å²) in [5.74, 6) is -6.29. The lowest BCUT2D eigenvalue weighted by molar-refractivity contribution is -0.130. The van der Waals surface area contributed by atoms with E-state index in [0.717, 1.165) is 51.4 Å². The van der Waals surface area contributed by atoms with Crippen LogP contribution >= 0.6 is 0 Å². The van der Waals surface area contributed by atoms with Gasteiger partial charge in [-0.1, -0.05) is 63.5 Å². The lowest BCUT2D eigenvalue weighted by atomic mass is 9.89. The van der Waals surface area contributed by atoms with Gasteiger partial charge < -0.3 is 63.4 Å². The molecule has 3 heterocycles. The molecule has 3 aliphatic heterocycles. The minimum Gasteiger partial charge on any atom is -0.359 e. The summed E-state index contributed by atoms with van der Waals surface area (Å²) in [7, 11) is 1.49. The minimum absolute atomic E-state index is 0.0366. The Kier molecular flexibility index (Phi) is 20.0. The topological polar surface area (TPSA) is 340 Å². The molecule has 4 saturated carbocycles. The van der Waals surface area contributed by atoms with Gasteiger partial charge in [-0.3, -0.25) is 57.5 Å². The van der Waals surface area contributed by atoms with E-state index in [0.29, 0.717) is 51.4 Å². The predicted octanol–water partition coefficient (Wildman–Crippen LogP) is 3.85. The molecule has 5 fully saturated rings. The molecule has 10 atom stereocenters. The Morgan fingerprint density at radius 3 is 0.880 bits per heavy atom. The zero-order valence-electron chi connectivity index (χ0n) is 51.6. The van der Waals surface area contributed by atoms with Gasteiger partial charge in [0.2, 0.25) is 11.8 Å². The molecule has 4 aromatic carbocycles. The van der Waals surface area contributed by atoms with Crippen molar-refractivity contribution in [3.63, 3.8) is 0 Å². The number of carbonyl (C=O) groups excluding carboxylic acids is 12. The van der Waals surface area contributed by atoms with Gasteiger partial charge in [-0.25, -0.2) is 0 Å². The second-order valence-electron chi connectivity index (χ2n) is 25.5. The van der Waals surface area contributed by atoms with Crippen molar-refractivity contribution in [1.29, 1.82) is 0 Å². The van der Waals surface area contributed by atoms with Gasteiger partial charge in [0, 0.05) is 137 Å². The van der Waals surface area contributed by atoms with Gasteiger partial charge in [0.05, 0.1) is 12.1 Å². The van der Waals surface area contributed by atoms with E-state index in [1.165, 1.54) is 60.5 Å². The second-order valence-corrected chi connectivity index (χ2v) is 25.5. The molecule has 1 unspecified atom stereocenters. The van der Waals surface area contributed by atoms with E-state index in [1.807, 2.05) is 0 Å². The highest BCUT2D eigenvalue weighted by Crippen LogP contribution is 2.27. The Morgan fingerprint density at radius 1 is 0.370 bits per heavy atom. The van der Waals surface area contributed by atoms with E-state index < -0.39 is 119 Å². The van der Waals surface area contributed by atoms with Crippen LogP contribution < -0.4 is 58.5 Å². The number of hydrogen-bond donors (Lipinski definition) is 11. The number of likely N-dealkylation sites (tertiary alicyclic amines) is 1. The molecule has 7 aliphatic rings. The van der Waals surface area contributed by atoms with Crippen LogP contribution in [0.4, 0.5) is 0 Å². The van der Waals surface area contributed by atoms with Crippen LogP contribution in [0.25, 0.3) is 0 Å². The summed E-state index contributed by atoms with van der Waals surface area (Å²) in [5, 5.41) is 33.0. The van der Waals surface area contributed by atoms with Gasteiger partial charge in [0.25, 0.3) is 59.1 Å². The zero-order valence-corrected chi connectivity index (χ0v) is 51.6. The quantitative estimate of drug-likeness (QED) is 0.120. The van der Waals surface area contributed by atoms with Crippen molar-refractivity contribution in [2.45, 2.75) is 182 Å². The summed E-state index contributed by atoms with van der Waals surface area (Å²) in [5.41, 5.74) is 0.698. The Balaban J connectivity index is 0.895. The average Bonchev–Trinajstić information content (AvgIpc) is 1.30. The SMILES string of the molecule is CNC(=O)CCCC(=O)N1CC(NC(=O)c2cc3cc(c2)C(=O)N[C@@H]2CCCC[C@H]2NC(=O)c2cccc(c2)C(=O)N[C@@H]2CCCC[C@H]2NC3=O)[C@@H](NC(=O)c2cc3cc(c2)C(=O)N[C@@H]2CCCC[C@H]2NC(=O)c2cccc(c2)C(=O)N[C@@H]2CCCC[C@H]2NC3=O)C1. The van der Waals surface area contributed by atoms with E-state index in [-0.39, 0.29) is 99.8 Å². The van der Waals surface area contributed by atoms with Crippen LogP contribution in [0.3, 0.4) is 0 Å². The fourth-order valence-electron chi connectivity index (χ4n) is 14.1. The van der Waals surface area contributed by atoms with Crippen molar-refractivity contribution in [2.24, 2.45) is 0 Å². The summed E-state index contributed by atoms with van der Waals surface area (Å²) in [6.07, 6.45) is 10.5. The molecule has 1 saturated heterocycles. The summed E-state index contributed by atoms with van der Waals surface area (Å²) >= 11 is 0. The molecule has 4 aromatic rings. The predicted molar refractivity (Wildman–Crippen MR) is 337 cm³/mol. The number of nitrogens with zero attached hydrogens (tertiary/aromatic N) is 1. The highest BCUT2D eigenvalue weighted by molar-refractivity contribution is 6.07. The largest absolute Gasteiger partial charge is 0.359 e. The van der Waals surface area contributed by atoms with E-state index in [4.69, 9.17) is 0 Å². The van der Waals surface area contributed by atoms with Crippen LogP contribution in [0.15, 0.2) is 84.9 Å². The summed E-state index contributed by atoms with van der Waals surface area (Å²) in [6.45, 7) is -0.259. The third kappa shape index (κ3) is 15.3. The van der Waals surface area contributed by atoms with Gasteiger partial charge in [0.15, 0.2) is 0 Å². The maximum Gasteiger partial charge on any atom is 0.251 e. The second kappa shape index (κ2) is 28.8.